The van der Waals surface area contributed by atoms with E-state index in [-0.39, 0.29) is 0 Å². The highest BCUT2D eigenvalue weighted by atomic mass is 14.3. The number of hydrogen-bond acceptors (Lipinski definition) is 0. The standard InChI is InChI=1S/C22H46/c1-8-13-21(12-5)22(14-9-2)17-20(11-4)16-15-19(7)18(6)10-3/h18-22H,8-17H2,1-7H3. The molecular formula is C22H46. The fourth-order valence-electron chi connectivity index (χ4n) is 4.16. The molecule has 0 heteroatoms. The van der Waals surface area contributed by atoms with Gasteiger partial charge in [0.05, 0.1) is 0 Å². The lowest BCUT2D eigenvalue weighted by atomic mass is 9.75. The van der Waals surface area contributed by atoms with Crippen molar-refractivity contribution < 1.29 is 0 Å². The Morgan fingerprint density at radius 1 is 0.545 bits per heavy atom. The Morgan fingerprint density at radius 2 is 1.14 bits per heavy atom. The quantitative estimate of drug-likeness (QED) is 0.304. The fourth-order valence-corrected chi connectivity index (χ4v) is 4.16. The van der Waals surface area contributed by atoms with Crippen LogP contribution in [0.2, 0.25) is 0 Å². The van der Waals surface area contributed by atoms with Crippen LogP contribution in [0.15, 0.2) is 0 Å². The molecule has 5 unspecified atom stereocenters. The van der Waals surface area contributed by atoms with Crippen molar-refractivity contribution >= 4 is 0 Å². The van der Waals surface area contributed by atoms with E-state index >= 15 is 0 Å². The average Bonchev–Trinajstić information content (AvgIpc) is 2.54. The van der Waals surface area contributed by atoms with Crippen molar-refractivity contribution in [2.75, 3.05) is 0 Å². The summed E-state index contributed by atoms with van der Waals surface area (Å²) in [6, 6.07) is 0. The van der Waals surface area contributed by atoms with Crippen LogP contribution in [0.3, 0.4) is 0 Å². The zero-order chi connectivity index (χ0) is 17.0. The van der Waals surface area contributed by atoms with E-state index in [1.165, 1.54) is 64.2 Å². The molecule has 0 saturated carbocycles. The summed E-state index contributed by atoms with van der Waals surface area (Å²) >= 11 is 0. The molecule has 0 spiro atoms. The molecule has 0 aromatic heterocycles. The van der Waals surface area contributed by atoms with E-state index in [0.29, 0.717) is 0 Å². The smallest absolute Gasteiger partial charge is 0.0383 e. The maximum absolute atomic E-state index is 2.47. The molecule has 0 aliphatic rings. The highest BCUT2D eigenvalue weighted by Gasteiger charge is 2.22. The highest BCUT2D eigenvalue weighted by Crippen LogP contribution is 2.34. The molecule has 0 heterocycles. The third kappa shape index (κ3) is 8.59. The summed E-state index contributed by atoms with van der Waals surface area (Å²) in [5.41, 5.74) is 0. The Hall–Kier alpha value is 0. The molecule has 0 fully saturated rings. The van der Waals surface area contributed by atoms with Crippen LogP contribution in [-0.2, 0) is 0 Å². The van der Waals surface area contributed by atoms with Crippen molar-refractivity contribution in [2.45, 2.75) is 113 Å². The van der Waals surface area contributed by atoms with Crippen LogP contribution in [0, 0.1) is 29.6 Å². The minimum Gasteiger partial charge on any atom is -0.0654 e. The third-order valence-electron chi connectivity index (χ3n) is 6.37. The SMILES string of the molecule is CCCC(CC)C(CCC)CC(CC)CCC(C)C(C)CC. The van der Waals surface area contributed by atoms with Crippen LogP contribution in [0.25, 0.3) is 0 Å². The van der Waals surface area contributed by atoms with Crippen LogP contribution in [-0.4, -0.2) is 0 Å². The van der Waals surface area contributed by atoms with Gasteiger partial charge in [-0.25, -0.2) is 0 Å². The second kappa shape index (κ2) is 13.4. The summed E-state index contributed by atoms with van der Waals surface area (Å²) in [5.74, 6) is 4.73. The zero-order valence-electron chi connectivity index (χ0n) is 17.0. The number of rotatable bonds is 14. The predicted molar refractivity (Wildman–Crippen MR) is 103 cm³/mol. The molecule has 0 radical (unpaired) electrons. The highest BCUT2D eigenvalue weighted by molar-refractivity contribution is 4.74. The van der Waals surface area contributed by atoms with Crippen molar-refractivity contribution in [2.24, 2.45) is 29.6 Å². The topological polar surface area (TPSA) is 0 Å². The first-order chi connectivity index (χ1) is 10.5. The van der Waals surface area contributed by atoms with Gasteiger partial charge in [0.25, 0.3) is 0 Å². The van der Waals surface area contributed by atoms with Gasteiger partial charge in [0.1, 0.15) is 0 Å². The van der Waals surface area contributed by atoms with E-state index in [0.717, 1.165) is 29.6 Å². The van der Waals surface area contributed by atoms with Gasteiger partial charge in [-0.05, 0) is 36.0 Å². The molecular weight excluding hydrogens is 264 g/mol. The van der Waals surface area contributed by atoms with Gasteiger partial charge in [-0.15, -0.1) is 0 Å². The van der Waals surface area contributed by atoms with E-state index in [1.54, 1.807) is 0 Å². The van der Waals surface area contributed by atoms with E-state index in [4.69, 9.17) is 0 Å². The predicted octanol–water partition coefficient (Wildman–Crippen LogP) is 8.11. The first-order valence-electron chi connectivity index (χ1n) is 10.5. The molecule has 0 N–H and O–H groups in total. The summed E-state index contributed by atoms with van der Waals surface area (Å²) in [5, 5.41) is 0. The monoisotopic (exact) mass is 310 g/mol. The lowest BCUT2D eigenvalue weighted by molar-refractivity contribution is 0.210. The molecule has 5 atom stereocenters. The first kappa shape index (κ1) is 22.0. The molecule has 0 aromatic carbocycles. The minimum absolute atomic E-state index is 0.896. The third-order valence-corrected chi connectivity index (χ3v) is 6.37. The summed E-state index contributed by atoms with van der Waals surface area (Å²) < 4.78 is 0. The Bertz CT molecular complexity index is 232. The summed E-state index contributed by atoms with van der Waals surface area (Å²) in [6.07, 6.45) is 14.1. The van der Waals surface area contributed by atoms with Gasteiger partial charge in [0, 0.05) is 0 Å². The molecule has 0 bridgehead atoms. The molecule has 0 amide bonds. The minimum atomic E-state index is 0.896. The maximum Gasteiger partial charge on any atom is -0.0383 e. The summed E-state index contributed by atoms with van der Waals surface area (Å²) in [4.78, 5) is 0. The van der Waals surface area contributed by atoms with Crippen molar-refractivity contribution in [1.29, 1.82) is 0 Å². The lowest BCUT2D eigenvalue weighted by Gasteiger charge is -2.30. The first-order valence-corrected chi connectivity index (χ1v) is 10.5. The average molecular weight is 311 g/mol. The summed E-state index contributed by atoms with van der Waals surface area (Å²) in [7, 11) is 0. The van der Waals surface area contributed by atoms with E-state index in [1.807, 2.05) is 0 Å². The van der Waals surface area contributed by atoms with Gasteiger partial charge in [0.2, 0.25) is 0 Å². The van der Waals surface area contributed by atoms with Gasteiger partial charge in [0.15, 0.2) is 0 Å². The van der Waals surface area contributed by atoms with Gasteiger partial charge >= 0.3 is 0 Å². The fraction of sp³-hybridized carbons (Fsp3) is 1.00. The van der Waals surface area contributed by atoms with Crippen molar-refractivity contribution in [3.05, 3.63) is 0 Å². The Balaban J connectivity index is 4.50. The molecule has 0 aromatic rings. The van der Waals surface area contributed by atoms with Gasteiger partial charge in [-0.2, -0.15) is 0 Å². The van der Waals surface area contributed by atoms with Gasteiger partial charge < -0.3 is 0 Å². The van der Waals surface area contributed by atoms with Gasteiger partial charge in [-0.3, -0.25) is 0 Å². The van der Waals surface area contributed by atoms with E-state index in [9.17, 15) is 0 Å². The molecule has 0 aliphatic carbocycles. The Kier molecular flexibility index (Phi) is 13.4. The molecule has 22 heavy (non-hydrogen) atoms. The maximum atomic E-state index is 2.47. The second-order valence-electron chi connectivity index (χ2n) is 7.96. The summed E-state index contributed by atoms with van der Waals surface area (Å²) in [6.45, 7) is 16.8. The van der Waals surface area contributed by atoms with Crippen molar-refractivity contribution in [3.63, 3.8) is 0 Å². The van der Waals surface area contributed by atoms with Gasteiger partial charge in [-0.1, -0.05) is 106 Å². The molecule has 134 valence electrons. The number of hydrogen-bond donors (Lipinski definition) is 0. The lowest BCUT2D eigenvalue weighted by Crippen LogP contribution is -2.19. The van der Waals surface area contributed by atoms with Crippen LogP contribution in [0.1, 0.15) is 113 Å². The normalized spacial score (nSPS) is 18.7. The molecule has 0 aliphatic heterocycles. The molecule has 0 nitrogen and oxygen atoms in total. The molecule has 0 saturated heterocycles. The zero-order valence-corrected chi connectivity index (χ0v) is 17.0. The van der Waals surface area contributed by atoms with Crippen molar-refractivity contribution in [3.8, 4) is 0 Å². The Labute approximate surface area is 142 Å². The van der Waals surface area contributed by atoms with Crippen LogP contribution < -0.4 is 0 Å². The van der Waals surface area contributed by atoms with E-state index in [2.05, 4.69) is 48.5 Å². The van der Waals surface area contributed by atoms with Crippen LogP contribution >= 0.6 is 0 Å². The van der Waals surface area contributed by atoms with Crippen LogP contribution in [0.5, 0.6) is 0 Å². The van der Waals surface area contributed by atoms with E-state index < -0.39 is 0 Å². The molecule has 0 rings (SSSR count). The van der Waals surface area contributed by atoms with Crippen LogP contribution in [0.4, 0.5) is 0 Å². The largest absolute Gasteiger partial charge is 0.0654 e. The second-order valence-corrected chi connectivity index (χ2v) is 7.96. The van der Waals surface area contributed by atoms with Crippen molar-refractivity contribution in [1.82, 2.24) is 0 Å². The Morgan fingerprint density at radius 3 is 1.59 bits per heavy atom.